The minimum atomic E-state index is -0.913. The maximum Gasteiger partial charge on any atom is 0.0963 e. The molecule has 0 radical (unpaired) electrons. The van der Waals surface area contributed by atoms with Crippen molar-refractivity contribution in [1.82, 2.24) is 4.98 Å². The van der Waals surface area contributed by atoms with Gasteiger partial charge in [0.25, 0.3) is 0 Å². The number of nitrogens with zero attached hydrogens (tertiary/aromatic N) is 1. The molecule has 2 heterocycles. The van der Waals surface area contributed by atoms with Crippen LogP contribution in [0.5, 0.6) is 0 Å². The van der Waals surface area contributed by atoms with E-state index in [0.717, 1.165) is 16.3 Å². The lowest BCUT2D eigenvalue weighted by atomic mass is 9.96. The lowest BCUT2D eigenvalue weighted by molar-refractivity contribution is 0.0569. The second-order valence-corrected chi connectivity index (χ2v) is 5.50. The van der Waals surface area contributed by atoms with Gasteiger partial charge in [-0.2, -0.15) is 0 Å². The fourth-order valence-electron chi connectivity index (χ4n) is 1.58. The van der Waals surface area contributed by atoms with Crippen molar-refractivity contribution in [2.75, 3.05) is 0 Å². The number of furan rings is 1. The highest BCUT2D eigenvalue weighted by Gasteiger charge is 2.26. The Labute approximate surface area is 98.8 Å². The molecule has 2 aromatic heterocycles. The molecule has 0 amide bonds. The van der Waals surface area contributed by atoms with Crippen molar-refractivity contribution in [1.29, 1.82) is 0 Å². The van der Waals surface area contributed by atoms with E-state index in [9.17, 15) is 5.11 Å². The molecule has 0 spiro atoms. The molecular formula is C12H15NO2S. The van der Waals surface area contributed by atoms with E-state index < -0.39 is 5.60 Å². The fraction of sp³-hybridized carbons (Fsp3) is 0.417. The second kappa shape index (κ2) is 4.03. The third kappa shape index (κ3) is 2.18. The predicted molar refractivity (Wildman–Crippen MR) is 63.6 cm³/mol. The van der Waals surface area contributed by atoms with Gasteiger partial charge in [-0.3, -0.25) is 0 Å². The Morgan fingerprint density at radius 2 is 2.25 bits per heavy atom. The van der Waals surface area contributed by atoms with Gasteiger partial charge in [-0.1, -0.05) is 0 Å². The van der Waals surface area contributed by atoms with Crippen molar-refractivity contribution in [2.45, 2.75) is 32.8 Å². The molecule has 0 aromatic carbocycles. The summed E-state index contributed by atoms with van der Waals surface area (Å²) < 4.78 is 4.99. The highest BCUT2D eigenvalue weighted by molar-refractivity contribution is 7.11. The summed E-state index contributed by atoms with van der Waals surface area (Å²) in [5.74, 6) is 0. The largest absolute Gasteiger partial charge is 0.472 e. The van der Waals surface area contributed by atoms with Crippen LogP contribution in [0.2, 0.25) is 0 Å². The van der Waals surface area contributed by atoms with Crippen molar-refractivity contribution in [3.05, 3.63) is 39.7 Å². The molecule has 1 N–H and O–H groups in total. The van der Waals surface area contributed by atoms with Crippen molar-refractivity contribution in [3.63, 3.8) is 0 Å². The first-order valence-corrected chi connectivity index (χ1v) is 5.98. The molecule has 0 aliphatic rings. The van der Waals surface area contributed by atoms with Gasteiger partial charge < -0.3 is 9.52 Å². The summed E-state index contributed by atoms with van der Waals surface area (Å²) in [5, 5.41) is 11.3. The standard InChI is InChI=1S/C12H15NO2S/c1-8-9(2)16-11(13-8)6-12(3,14)10-4-5-15-7-10/h4-5,7,14H,6H2,1-3H3. The van der Waals surface area contributed by atoms with E-state index in [4.69, 9.17) is 4.42 Å². The molecule has 2 aromatic rings. The third-order valence-corrected chi connectivity index (χ3v) is 3.78. The summed E-state index contributed by atoms with van der Waals surface area (Å²) in [4.78, 5) is 5.64. The maximum atomic E-state index is 10.3. The van der Waals surface area contributed by atoms with E-state index in [1.54, 1.807) is 36.9 Å². The lowest BCUT2D eigenvalue weighted by Crippen LogP contribution is -2.23. The molecule has 0 fully saturated rings. The first kappa shape index (κ1) is 11.4. The lowest BCUT2D eigenvalue weighted by Gasteiger charge is -2.20. The van der Waals surface area contributed by atoms with Gasteiger partial charge in [0.15, 0.2) is 0 Å². The minimum absolute atomic E-state index is 0.520. The Morgan fingerprint density at radius 1 is 1.50 bits per heavy atom. The first-order chi connectivity index (χ1) is 7.49. The smallest absolute Gasteiger partial charge is 0.0963 e. The molecule has 86 valence electrons. The summed E-state index contributed by atoms with van der Waals surface area (Å²) >= 11 is 1.64. The van der Waals surface area contributed by atoms with Gasteiger partial charge in [-0.25, -0.2) is 4.98 Å². The van der Waals surface area contributed by atoms with Crippen molar-refractivity contribution in [3.8, 4) is 0 Å². The summed E-state index contributed by atoms with van der Waals surface area (Å²) in [7, 11) is 0. The van der Waals surface area contributed by atoms with E-state index in [2.05, 4.69) is 4.98 Å². The van der Waals surface area contributed by atoms with E-state index >= 15 is 0 Å². The fourth-order valence-corrected chi connectivity index (χ4v) is 2.66. The van der Waals surface area contributed by atoms with Gasteiger partial charge in [0.05, 0.1) is 28.8 Å². The summed E-state index contributed by atoms with van der Waals surface area (Å²) in [6, 6.07) is 1.79. The van der Waals surface area contributed by atoms with Crippen LogP contribution in [-0.2, 0) is 12.0 Å². The van der Waals surface area contributed by atoms with Crippen molar-refractivity contribution >= 4 is 11.3 Å². The van der Waals surface area contributed by atoms with Crippen LogP contribution in [0.25, 0.3) is 0 Å². The number of aliphatic hydroxyl groups is 1. The number of aryl methyl sites for hydroxylation is 2. The van der Waals surface area contributed by atoms with Crippen molar-refractivity contribution in [2.24, 2.45) is 0 Å². The Balaban J connectivity index is 2.21. The van der Waals surface area contributed by atoms with E-state index in [1.165, 1.54) is 4.88 Å². The molecule has 2 rings (SSSR count). The third-order valence-electron chi connectivity index (χ3n) is 2.71. The number of thiazole rings is 1. The minimum Gasteiger partial charge on any atom is -0.472 e. The topological polar surface area (TPSA) is 46.3 Å². The van der Waals surface area contributed by atoms with Crippen LogP contribution in [0, 0.1) is 13.8 Å². The van der Waals surface area contributed by atoms with Gasteiger partial charge in [-0.15, -0.1) is 11.3 Å². The molecule has 0 saturated heterocycles. The van der Waals surface area contributed by atoms with E-state index in [1.807, 2.05) is 13.8 Å². The molecular weight excluding hydrogens is 222 g/mol. The zero-order valence-corrected chi connectivity index (χ0v) is 10.5. The average Bonchev–Trinajstić information content (AvgIpc) is 2.77. The monoisotopic (exact) mass is 237 g/mol. The van der Waals surface area contributed by atoms with E-state index in [0.29, 0.717) is 6.42 Å². The van der Waals surface area contributed by atoms with Gasteiger partial charge in [-0.05, 0) is 26.8 Å². The molecule has 3 nitrogen and oxygen atoms in total. The van der Waals surface area contributed by atoms with Crippen LogP contribution in [0.3, 0.4) is 0 Å². The van der Waals surface area contributed by atoms with Gasteiger partial charge in [0.1, 0.15) is 0 Å². The molecule has 4 heteroatoms. The van der Waals surface area contributed by atoms with Gasteiger partial charge in [0.2, 0.25) is 0 Å². The number of hydrogen-bond donors (Lipinski definition) is 1. The van der Waals surface area contributed by atoms with Crippen molar-refractivity contribution < 1.29 is 9.52 Å². The summed E-state index contributed by atoms with van der Waals surface area (Å²) in [6.07, 6.45) is 3.67. The Hall–Kier alpha value is -1.13. The molecule has 0 saturated carbocycles. The van der Waals surface area contributed by atoms with Crippen LogP contribution in [-0.4, -0.2) is 10.1 Å². The van der Waals surface area contributed by atoms with Crippen LogP contribution < -0.4 is 0 Å². The molecule has 16 heavy (non-hydrogen) atoms. The first-order valence-electron chi connectivity index (χ1n) is 5.17. The van der Waals surface area contributed by atoms with Gasteiger partial charge >= 0.3 is 0 Å². The second-order valence-electron chi connectivity index (χ2n) is 4.21. The summed E-state index contributed by atoms with van der Waals surface area (Å²) in [6.45, 7) is 5.81. The molecule has 1 unspecified atom stereocenters. The van der Waals surface area contributed by atoms with Crippen LogP contribution in [0.4, 0.5) is 0 Å². The Bertz CT molecular complexity index is 452. The number of rotatable bonds is 3. The SMILES string of the molecule is Cc1nc(CC(C)(O)c2ccoc2)sc1C. The summed E-state index contributed by atoms with van der Waals surface area (Å²) in [5.41, 5.74) is 0.921. The zero-order valence-electron chi connectivity index (χ0n) is 9.65. The van der Waals surface area contributed by atoms with Crippen LogP contribution in [0.1, 0.15) is 28.1 Å². The maximum absolute atomic E-state index is 10.3. The van der Waals surface area contributed by atoms with Gasteiger partial charge in [0, 0.05) is 16.9 Å². The highest BCUT2D eigenvalue weighted by Crippen LogP contribution is 2.28. The molecule has 0 bridgehead atoms. The molecule has 1 atom stereocenters. The molecule has 0 aliphatic carbocycles. The zero-order chi connectivity index (χ0) is 11.8. The predicted octanol–water partition coefficient (Wildman–Crippen LogP) is 2.80. The van der Waals surface area contributed by atoms with Crippen LogP contribution >= 0.6 is 11.3 Å². The Morgan fingerprint density at radius 3 is 2.75 bits per heavy atom. The Kier molecular flexibility index (Phi) is 2.86. The number of hydrogen-bond acceptors (Lipinski definition) is 4. The van der Waals surface area contributed by atoms with E-state index in [-0.39, 0.29) is 0 Å². The number of aromatic nitrogens is 1. The highest BCUT2D eigenvalue weighted by atomic mass is 32.1. The quantitative estimate of drug-likeness (QED) is 0.892. The van der Waals surface area contributed by atoms with Crippen LogP contribution in [0.15, 0.2) is 23.0 Å². The molecule has 0 aliphatic heterocycles. The average molecular weight is 237 g/mol. The normalized spacial score (nSPS) is 15.0.